The van der Waals surface area contributed by atoms with Crippen LogP contribution in [0.2, 0.25) is 0 Å². The summed E-state index contributed by atoms with van der Waals surface area (Å²) in [6, 6.07) is 5.99. The molecule has 1 fully saturated rings. The van der Waals surface area contributed by atoms with Crippen LogP contribution in [0.15, 0.2) is 30.5 Å². The number of fused-ring (bicyclic) bond motifs is 1. The van der Waals surface area contributed by atoms with Crippen LogP contribution in [0.25, 0.3) is 10.9 Å². The second-order valence-electron chi connectivity index (χ2n) is 7.99. The molecule has 0 saturated carbocycles. The van der Waals surface area contributed by atoms with Crippen LogP contribution < -0.4 is 16.0 Å². The second kappa shape index (κ2) is 9.87. The van der Waals surface area contributed by atoms with E-state index in [1.807, 2.05) is 38.1 Å². The van der Waals surface area contributed by atoms with Gasteiger partial charge in [0.1, 0.15) is 12.1 Å². The van der Waals surface area contributed by atoms with E-state index in [-0.39, 0.29) is 17.7 Å². The van der Waals surface area contributed by atoms with Crippen molar-refractivity contribution < 1.29 is 14.4 Å². The minimum atomic E-state index is -0.653. The van der Waals surface area contributed by atoms with Gasteiger partial charge in [-0.2, -0.15) is 0 Å². The van der Waals surface area contributed by atoms with Crippen molar-refractivity contribution in [1.82, 2.24) is 20.5 Å². The van der Waals surface area contributed by atoms with Crippen molar-refractivity contribution in [2.45, 2.75) is 58.2 Å². The van der Waals surface area contributed by atoms with Gasteiger partial charge in [-0.1, -0.05) is 13.0 Å². The predicted molar refractivity (Wildman–Crippen MR) is 121 cm³/mol. The summed E-state index contributed by atoms with van der Waals surface area (Å²) in [4.78, 5) is 44.6. The number of carbonyl (C=O) groups is 3. The maximum absolute atomic E-state index is 13.2. The van der Waals surface area contributed by atoms with E-state index in [9.17, 15) is 14.4 Å². The van der Waals surface area contributed by atoms with Crippen LogP contribution in [0.3, 0.4) is 0 Å². The van der Waals surface area contributed by atoms with Gasteiger partial charge in [-0.3, -0.25) is 19.4 Å². The smallest absolute Gasteiger partial charge is 0.247 e. The number of nitrogens with one attached hydrogen (secondary N) is 3. The molecule has 0 bridgehead atoms. The van der Waals surface area contributed by atoms with Crippen LogP contribution in [-0.4, -0.2) is 59.3 Å². The van der Waals surface area contributed by atoms with Gasteiger partial charge in [0, 0.05) is 18.1 Å². The predicted octanol–water partition coefficient (Wildman–Crippen LogP) is 1.98. The molecule has 8 heteroatoms. The zero-order chi connectivity index (χ0) is 22.5. The lowest BCUT2D eigenvalue weighted by Gasteiger charge is -2.29. The lowest BCUT2D eigenvalue weighted by Crippen LogP contribution is -2.54. The Morgan fingerprint density at radius 2 is 2.03 bits per heavy atom. The van der Waals surface area contributed by atoms with E-state index in [1.54, 1.807) is 25.1 Å². The number of hydrogen-bond donors (Lipinski definition) is 3. The summed E-state index contributed by atoms with van der Waals surface area (Å²) >= 11 is 0. The first-order valence-electron chi connectivity index (χ1n) is 10.8. The summed E-state index contributed by atoms with van der Waals surface area (Å²) in [6.45, 7) is 6.02. The van der Waals surface area contributed by atoms with E-state index >= 15 is 0 Å². The summed E-state index contributed by atoms with van der Waals surface area (Å²) < 4.78 is 0. The van der Waals surface area contributed by atoms with E-state index in [4.69, 9.17) is 0 Å². The summed E-state index contributed by atoms with van der Waals surface area (Å²) in [5.74, 6) is -0.662. The van der Waals surface area contributed by atoms with Crippen molar-refractivity contribution in [2.24, 2.45) is 0 Å². The number of anilines is 1. The van der Waals surface area contributed by atoms with E-state index in [2.05, 4.69) is 20.9 Å². The summed E-state index contributed by atoms with van der Waals surface area (Å²) in [7, 11) is 1.69. The number of rotatable bonds is 7. The van der Waals surface area contributed by atoms with Gasteiger partial charge >= 0.3 is 0 Å². The van der Waals surface area contributed by atoms with Crippen molar-refractivity contribution in [1.29, 1.82) is 0 Å². The zero-order valence-corrected chi connectivity index (χ0v) is 18.6. The topological polar surface area (TPSA) is 103 Å². The Morgan fingerprint density at radius 1 is 1.26 bits per heavy atom. The number of pyridine rings is 1. The van der Waals surface area contributed by atoms with E-state index in [0.29, 0.717) is 19.4 Å². The van der Waals surface area contributed by atoms with Gasteiger partial charge in [-0.15, -0.1) is 0 Å². The highest BCUT2D eigenvalue weighted by Crippen LogP contribution is 2.27. The molecule has 1 aliphatic rings. The van der Waals surface area contributed by atoms with Crippen LogP contribution in [0.1, 0.15) is 38.7 Å². The molecule has 3 N–H and O–H groups in total. The number of aromatic nitrogens is 1. The number of carbonyl (C=O) groups excluding carboxylic acids is 3. The Balaban J connectivity index is 1.77. The third-order valence-corrected chi connectivity index (χ3v) is 5.93. The Bertz CT molecular complexity index is 977. The first kappa shape index (κ1) is 22.7. The fourth-order valence-electron chi connectivity index (χ4n) is 3.90. The average Bonchev–Trinajstić information content (AvgIpc) is 3.28. The summed E-state index contributed by atoms with van der Waals surface area (Å²) in [6.07, 6.45) is 3.52. The van der Waals surface area contributed by atoms with Crippen molar-refractivity contribution in [3.63, 3.8) is 0 Å². The van der Waals surface area contributed by atoms with Crippen molar-refractivity contribution >= 4 is 34.3 Å². The first-order chi connectivity index (χ1) is 14.9. The molecule has 0 spiro atoms. The van der Waals surface area contributed by atoms with Crippen molar-refractivity contribution in [3.05, 3.63) is 36.0 Å². The number of hydrogen-bond acceptors (Lipinski definition) is 5. The van der Waals surface area contributed by atoms with Gasteiger partial charge in [0.25, 0.3) is 0 Å². The molecular formula is C23H31N5O3. The minimum Gasteiger partial charge on any atom is -0.343 e. The second-order valence-corrected chi connectivity index (χ2v) is 7.99. The van der Waals surface area contributed by atoms with E-state index in [0.717, 1.165) is 28.6 Å². The quantitative estimate of drug-likeness (QED) is 0.629. The monoisotopic (exact) mass is 425 g/mol. The number of benzene rings is 1. The molecular weight excluding hydrogens is 394 g/mol. The molecule has 2 heterocycles. The number of likely N-dealkylation sites (N-methyl/N-ethyl adjacent to an activating group) is 1. The number of amides is 3. The molecule has 0 unspecified atom stereocenters. The average molecular weight is 426 g/mol. The van der Waals surface area contributed by atoms with Gasteiger partial charge in [-0.25, -0.2) is 0 Å². The lowest BCUT2D eigenvalue weighted by molar-refractivity contribution is -0.140. The van der Waals surface area contributed by atoms with Crippen molar-refractivity contribution in [2.75, 3.05) is 18.9 Å². The van der Waals surface area contributed by atoms with Crippen LogP contribution in [-0.2, 0) is 14.4 Å². The van der Waals surface area contributed by atoms with Crippen molar-refractivity contribution in [3.8, 4) is 0 Å². The molecule has 1 aliphatic heterocycles. The van der Waals surface area contributed by atoms with Gasteiger partial charge in [-0.05, 0) is 63.9 Å². The molecule has 0 radical (unpaired) electrons. The molecule has 3 atom stereocenters. The number of aryl methyl sites for hydroxylation is 1. The molecule has 3 rings (SSSR count). The molecule has 3 amide bonds. The Labute approximate surface area is 182 Å². The molecule has 166 valence electrons. The van der Waals surface area contributed by atoms with Crippen LogP contribution in [0, 0.1) is 6.92 Å². The molecule has 1 aromatic heterocycles. The van der Waals surface area contributed by atoms with Gasteiger partial charge < -0.3 is 20.9 Å². The van der Waals surface area contributed by atoms with Gasteiger partial charge in [0.05, 0.1) is 17.2 Å². The maximum Gasteiger partial charge on any atom is 0.247 e. The Kier molecular flexibility index (Phi) is 7.22. The molecule has 0 aliphatic carbocycles. The van der Waals surface area contributed by atoms with E-state index < -0.39 is 18.1 Å². The molecule has 2 aromatic rings. The summed E-state index contributed by atoms with van der Waals surface area (Å²) in [5, 5.41) is 9.58. The highest BCUT2D eigenvalue weighted by Gasteiger charge is 2.37. The summed E-state index contributed by atoms with van der Waals surface area (Å²) in [5.41, 5.74) is 2.46. The molecule has 8 nitrogen and oxygen atoms in total. The van der Waals surface area contributed by atoms with E-state index in [1.165, 1.54) is 0 Å². The molecule has 1 aromatic carbocycles. The Morgan fingerprint density at radius 3 is 2.74 bits per heavy atom. The fraction of sp³-hybridized carbons (Fsp3) is 0.478. The standard InChI is InChI=1S/C23H31N5O3/c1-5-17(26-21(29)15(3)24-4)23(31)28-13-7-9-19(28)22(30)27-20-14(2)10-11-18-16(20)8-6-12-25-18/h6,8,10-12,15,17,19,24H,5,7,9,13H2,1-4H3,(H,26,29)(H,27,30)/t15-,17-,19-/m0/s1. The van der Waals surface area contributed by atoms with Crippen LogP contribution in [0.5, 0.6) is 0 Å². The highest BCUT2D eigenvalue weighted by molar-refractivity contribution is 6.05. The zero-order valence-electron chi connectivity index (χ0n) is 18.6. The van der Waals surface area contributed by atoms with Crippen LogP contribution in [0.4, 0.5) is 5.69 Å². The SMILES string of the molecule is CC[C@H](NC(=O)[C@H](C)NC)C(=O)N1CCC[C@H]1C(=O)Nc1c(C)ccc2ncccc12. The van der Waals surface area contributed by atoms with Gasteiger partial charge in [0.15, 0.2) is 0 Å². The maximum atomic E-state index is 13.2. The molecule has 1 saturated heterocycles. The minimum absolute atomic E-state index is 0.213. The lowest BCUT2D eigenvalue weighted by atomic mass is 10.1. The fourth-order valence-corrected chi connectivity index (χ4v) is 3.90. The van der Waals surface area contributed by atoms with Crippen LogP contribution >= 0.6 is 0 Å². The number of likely N-dealkylation sites (tertiary alicyclic amines) is 1. The molecule has 31 heavy (non-hydrogen) atoms. The number of nitrogens with zero attached hydrogens (tertiary/aromatic N) is 2. The first-order valence-corrected chi connectivity index (χ1v) is 10.8. The largest absolute Gasteiger partial charge is 0.343 e. The Hall–Kier alpha value is -3.00. The third kappa shape index (κ3) is 4.85. The normalized spacial score (nSPS) is 17.9. The van der Waals surface area contributed by atoms with Gasteiger partial charge in [0.2, 0.25) is 17.7 Å². The third-order valence-electron chi connectivity index (χ3n) is 5.93. The highest BCUT2D eigenvalue weighted by atomic mass is 16.2.